The van der Waals surface area contributed by atoms with E-state index >= 15 is 0 Å². The predicted molar refractivity (Wildman–Crippen MR) is 46.0 cm³/mol. The first-order chi connectivity index (χ1) is 6.60. The summed E-state index contributed by atoms with van der Waals surface area (Å²) in [6.45, 7) is -0.117. The topological polar surface area (TPSA) is 87.1 Å². The molecule has 1 aromatic carbocycles. The van der Waals surface area contributed by atoms with Crippen molar-refractivity contribution in [2.45, 2.75) is 6.54 Å². The number of rotatable bonds is 2. The lowest BCUT2D eigenvalue weighted by atomic mass is 10.0. The van der Waals surface area contributed by atoms with E-state index in [1.165, 1.54) is 0 Å². The Morgan fingerprint density at radius 3 is 2.71 bits per heavy atom. The normalized spacial score (nSPS) is 9.50. The quantitative estimate of drug-likeness (QED) is 0.730. The molecule has 3 N–H and O–H groups in total. The van der Waals surface area contributed by atoms with Crippen molar-refractivity contribution in [3.63, 3.8) is 0 Å². The molecular formula is C9H7FN2O2. The third-order valence-electron chi connectivity index (χ3n) is 1.74. The molecule has 0 aliphatic heterocycles. The Kier molecular flexibility index (Phi) is 2.79. The third kappa shape index (κ3) is 1.70. The van der Waals surface area contributed by atoms with Gasteiger partial charge in [-0.15, -0.1) is 0 Å². The molecule has 0 heterocycles. The van der Waals surface area contributed by atoms with E-state index in [-0.39, 0.29) is 23.2 Å². The lowest BCUT2D eigenvalue weighted by Crippen LogP contribution is -2.10. The molecule has 0 unspecified atom stereocenters. The summed E-state index contributed by atoms with van der Waals surface area (Å²) in [6.07, 6.45) is 0. The molecule has 0 aromatic heterocycles. The van der Waals surface area contributed by atoms with E-state index in [4.69, 9.17) is 16.1 Å². The maximum atomic E-state index is 12.8. The standard InChI is InChI=1S/C9H7FN2O2/c10-7-1-5(3-11)8(9(13)14)6(2-7)4-12/h1-2H,3,11H2,(H,13,14). The molecule has 72 valence electrons. The number of benzene rings is 1. The van der Waals surface area contributed by atoms with Gasteiger partial charge in [-0.05, 0) is 17.7 Å². The second-order valence-electron chi connectivity index (χ2n) is 2.61. The van der Waals surface area contributed by atoms with Crippen molar-refractivity contribution < 1.29 is 14.3 Å². The van der Waals surface area contributed by atoms with Crippen molar-refractivity contribution in [1.29, 1.82) is 5.26 Å². The summed E-state index contributed by atoms with van der Waals surface area (Å²) in [7, 11) is 0. The maximum Gasteiger partial charge on any atom is 0.337 e. The highest BCUT2D eigenvalue weighted by atomic mass is 19.1. The van der Waals surface area contributed by atoms with Crippen LogP contribution >= 0.6 is 0 Å². The molecule has 0 atom stereocenters. The molecule has 1 aromatic rings. The van der Waals surface area contributed by atoms with Crippen molar-refractivity contribution in [2.24, 2.45) is 5.73 Å². The smallest absolute Gasteiger partial charge is 0.337 e. The lowest BCUT2D eigenvalue weighted by Gasteiger charge is -2.05. The van der Waals surface area contributed by atoms with Crippen molar-refractivity contribution in [1.82, 2.24) is 0 Å². The van der Waals surface area contributed by atoms with Crippen molar-refractivity contribution in [2.75, 3.05) is 0 Å². The number of hydrogen-bond acceptors (Lipinski definition) is 3. The van der Waals surface area contributed by atoms with E-state index in [1.54, 1.807) is 6.07 Å². The number of halogens is 1. The van der Waals surface area contributed by atoms with Gasteiger partial charge in [0.15, 0.2) is 0 Å². The van der Waals surface area contributed by atoms with Gasteiger partial charge in [0, 0.05) is 6.54 Å². The molecule has 0 aliphatic rings. The molecule has 0 saturated heterocycles. The lowest BCUT2D eigenvalue weighted by molar-refractivity contribution is 0.0695. The Morgan fingerprint density at radius 2 is 2.29 bits per heavy atom. The molecule has 0 spiro atoms. The summed E-state index contributed by atoms with van der Waals surface area (Å²) in [5.74, 6) is -1.94. The summed E-state index contributed by atoms with van der Waals surface area (Å²) in [5.41, 5.74) is 4.93. The Labute approximate surface area is 79.4 Å². The third-order valence-corrected chi connectivity index (χ3v) is 1.74. The fraction of sp³-hybridized carbons (Fsp3) is 0.111. The van der Waals surface area contributed by atoms with Crippen LogP contribution in [0.25, 0.3) is 0 Å². The number of carboxylic acids is 1. The molecule has 0 amide bonds. The predicted octanol–water partition coefficient (Wildman–Crippen LogP) is 0.854. The van der Waals surface area contributed by atoms with E-state index in [9.17, 15) is 9.18 Å². The summed E-state index contributed by atoms with van der Waals surface area (Å²) in [4.78, 5) is 10.7. The van der Waals surface area contributed by atoms with Crippen LogP contribution < -0.4 is 5.73 Å². The zero-order valence-corrected chi connectivity index (χ0v) is 7.12. The van der Waals surface area contributed by atoms with Crippen molar-refractivity contribution in [3.05, 3.63) is 34.6 Å². The fourth-order valence-corrected chi connectivity index (χ4v) is 1.17. The number of nitrogens with zero attached hydrogens (tertiary/aromatic N) is 1. The van der Waals surface area contributed by atoms with Crippen molar-refractivity contribution >= 4 is 5.97 Å². The highest BCUT2D eigenvalue weighted by molar-refractivity contribution is 5.92. The number of aromatic carboxylic acids is 1. The van der Waals surface area contributed by atoms with Gasteiger partial charge in [-0.25, -0.2) is 9.18 Å². The molecule has 0 saturated carbocycles. The first-order valence-electron chi connectivity index (χ1n) is 3.76. The van der Waals surface area contributed by atoms with Gasteiger partial charge in [0.2, 0.25) is 0 Å². The van der Waals surface area contributed by atoms with Crippen LogP contribution in [0.15, 0.2) is 12.1 Å². The number of hydrogen-bond donors (Lipinski definition) is 2. The van der Waals surface area contributed by atoms with Gasteiger partial charge >= 0.3 is 5.97 Å². The molecule has 4 nitrogen and oxygen atoms in total. The summed E-state index contributed by atoms with van der Waals surface area (Å²) < 4.78 is 12.8. The molecule has 0 fully saturated rings. The molecule has 14 heavy (non-hydrogen) atoms. The number of carboxylic acid groups (broad SMARTS) is 1. The molecular weight excluding hydrogens is 187 g/mol. The monoisotopic (exact) mass is 194 g/mol. The van der Waals surface area contributed by atoms with Gasteiger partial charge < -0.3 is 10.8 Å². The summed E-state index contributed by atoms with van der Waals surface area (Å²) in [6, 6.07) is 3.51. The van der Waals surface area contributed by atoms with Gasteiger partial charge in [-0.1, -0.05) is 0 Å². The Bertz CT molecular complexity index is 424. The van der Waals surface area contributed by atoms with Crippen LogP contribution in [-0.2, 0) is 6.54 Å². The van der Waals surface area contributed by atoms with Gasteiger partial charge in [-0.2, -0.15) is 5.26 Å². The van der Waals surface area contributed by atoms with E-state index in [1.807, 2.05) is 0 Å². The highest BCUT2D eigenvalue weighted by Crippen LogP contribution is 2.16. The van der Waals surface area contributed by atoms with Crippen LogP contribution in [0.4, 0.5) is 4.39 Å². The largest absolute Gasteiger partial charge is 0.478 e. The second-order valence-corrected chi connectivity index (χ2v) is 2.61. The van der Waals surface area contributed by atoms with Gasteiger partial charge in [-0.3, -0.25) is 0 Å². The van der Waals surface area contributed by atoms with E-state index < -0.39 is 11.8 Å². The number of nitriles is 1. The minimum Gasteiger partial charge on any atom is -0.478 e. The maximum absolute atomic E-state index is 12.8. The SMILES string of the molecule is N#Cc1cc(F)cc(CN)c1C(=O)O. The minimum absolute atomic E-state index is 0.117. The Morgan fingerprint density at radius 1 is 1.64 bits per heavy atom. The van der Waals surface area contributed by atoms with Gasteiger partial charge in [0.05, 0.1) is 11.1 Å². The van der Waals surface area contributed by atoms with Crippen LogP contribution in [0.3, 0.4) is 0 Å². The first kappa shape index (κ1) is 10.2. The highest BCUT2D eigenvalue weighted by Gasteiger charge is 2.16. The second kappa shape index (κ2) is 3.85. The van der Waals surface area contributed by atoms with Crippen molar-refractivity contribution in [3.8, 4) is 6.07 Å². The zero-order valence-electron chi connectivity index (χ0n) is 7.12. The van der Waals surface area contributed by atoms with Gasteiger partial charge in [0.25, 0.3) is 0 Å². The van der Waals surface area contributed by atoms with Gasteiger partial charge in [0.1, 0.15) is 11.9 Å². The van der Waals surface area contributed by atoms with E-state index in [0.29, 0.717) is 0 Å². The molecule has 5 heteroatoms. The van der Waals surface area contributed by atoms with Crippen LogP contribution in [0.5, 0.6) is 0 Å². The molecule has 0 bridgehead atoms. The molecule has 1 rings (SSSR count). The van der Waals surface area contributed by atoms with E-state index in [0.717, 1.165) is 12.1 Å². The van der Waals surface area contributed by atoms with E-state index in [2.05, 4.69) is 0 Å². The van der Waals surface area contributed by atoms with Crippen LogP contribution in [0.2, 0.25) is 0 Å². The fourth-order valence-electron chi connectivity index (χ4n) is 1.17. The summed E-state index contributed by atoms with van der Waals surface area (Å²) >= 11 is 0. The van der Waals surface area contributed by atoms with Crippen LogP contribution in [-0.4, -0.2) is 11.1 Å². The van der Waals surface area contributed by atoms with Crippen LogP contribution in [0, 0.1) is 17.1 Å². The average molecular weight is 194 g/mol. The minimum atomic E-state index is -1.28. The Hall–Kier alpha value is -1.93. The molecule has 0 aliphatic carbocycles. The van der Waals surface area contributed by atoms with Crippen LogP contribution in [0.1, 0.15) is 21.5 Å². The Balaban J connectivity index is 3.50. The summed E-state index contributed by atoms with van der Waals surface area (Å²) in [5, 5.41) is 17.4. The zero-order chi connectivity index (χ0) is 10.7. The molecule has 0 radical (unpaired) electrons. The average Bonchev–Trinajstić information content (AvgIpc) is 2.15. The number of carbonyl (C=O) groups is 1. The number of nitrogens with two attached hydrogens (primary N) is 1. The first-order valence-corrected chi connectivity index (χ1v) is 3.76.